The van der Waals surface area contributed by atoms with Gasteiger partial charge < -0.3 is 14.6 Å². The summed E-state index contributed by atoms with van der Waals surface area (Å²) < 4.78 is 33.9. The monoisotopic (exact) mass is 404 g/mol. The van der Waals surface area contributed by atoms with Gasteiger partial charge in [0.25, 0.3) is 0 Å². The van der Waals surface area contributed by atoms with E-state index >= 15 is 0 Å². The van der Waals surface area contributed by atoms with E-state index in [-0.39, 0.29) is 5.69 Å². The van der Waals surface area contributed by atoms with Crippen molar-refractivity contribution in [1.29, 1.82) is 0 Å². The Labute approximate surface area is 164 Å². The predicted molar refractivity (Wildman–Crippen MR) is 103 cm³/mol. The first kappa shape index (κ1) is 19.8. The lowest BCUT2D eigenvalue weighted by molar-refractivity contribution is -0.115. The molecule has 0 aliphatic rings. The summed E-state index contributed by atoms with van der Waals surface area (Å²) >= 11 is 1.17. The van der Waals surface area contributed by atoms with Crippen LogP contribution in [0.1, 0.15) is 6.92 Å². The number of aromatic nitrogens is 3. The molecule has 1 heterocycles. The third-order valence-corrected chi connectivity index (χ3v) is 5.15. The van der Waals surface area contributed by atoms with Crippen molar-refractivity contribution >= 4 is 23.4 Å². The predicted octanol–water partition coefficient (Wildman–Crippen LogP) is 3.89. The number of carbonyl (C=O) groups is 1. The van der Waals surface area contributed by atoms with Crippen molar-refractivity contribution in [2.24, 2.45) is 7.05 Å². The van der Waals surface area contributed by atoms with Gasteiger partial charge in [-0.05, 0) is 43.3 Å². The first-order valence-corrected chi connectivity index (χ1v) is 9.23. The Kier molecular flexibility index (Phi) is 5.93. The van der Waals surface area contributed by atoms with Crippen molar-refractivity contribution in [2.75, 3.05) is 12.4 Å². The third kappa shape index (κ3) is 4.30. The van der Waals surface area contributed by atoms with E-state index in [4.69, 9.17) is 4.74 Å². The summed E-state index contributed by atoms with van der Waals surface area (Å²) in [6.07, 6.45) is 0. The van der Waals surface area contributed by atoms with Crippen LogP contribution in [0.5, 0.6) is 5.75 Å². The molecule has 0 fully saturated rings. The van der Waals surface area contributed by atoms with Crippen LogP contribution in [-0.2, 0) is 11.8 Å². The number of hydrogen-bond donors (Lipinski definition) is 1. The lowest BCUT2D eigenvalue weighted by Gasteiger charge is -2.12. The number of amides is 1. The van der Waals surface area contributed by atoms with Crippen LogP contribution in [0.25, 0.3) is 11.4 Å². The normalized spacial score (nSPS) is 11.9. The van der Waals surface area contributed by atoms with E-state index in [1.54, 1.807) is 25.6 Å². The molecule has 146 valence electrons. The lowest BCUT2D eigenvalue weighted by atomic mass is 10.2. The molecule has 3 aromatic rings. The van der Waals surface area contributed by atoms with Gasteiger partial charge in [-0.15, -0.1) is 10.2 Å². The van der Waals surface area contributed by atoms with E-state index in [0.717, 1.165) is 29.5 Å². The van der Waals surface area contributed by atoms with Gasteiger partial charge in [0.2, 0.25) is 5.91 Å². The highest BCUT2D eigenvalue weighted by Crippen LogP contribution is 2.27. The average Bonchev–Trinajstić information content (AvgIpc) is 3.05. The number of methoxy groups -OCH3 is 1. The van der Waals surface area contributed by atoms with Gasteiger partial charge in [0.05, 0.1) is 18.0 Å². The molecule has 1 atom stereocenters. The fourth-order valence-corrected chi connectivity index (χ4v) is 3.26. The number of nitrogens with zero attached hydrogens (tertiary/aromatic N) is 3. The molecule has 0 saturated heterocycles. The summed E-state index contributed by atoms with van der Waals surface area (Å²) in [6.45, 7) is 1.65. The van der Waals surface area contributed by atoms with E-state index in [1.807, 2.05) is 24.3 Å². The molecule has 3 rings (SSSR count). The minimum atomic E-state index is -0.701. The molecule has 0 aliphatic carbocycles. The molecule has 0 radical (unpaired) electrons. The van der Waals surface area contributed by atoms with Crippen LogP contribution in [0, 0.1) is 11.6 Å². The fraction of sp³-hybridized carbons (Fsp3) is 0.211. The summed E-state index contributed by atoms with van der Waals surface area (Å²) in [5, 5.41) is 10.6. The lowest BCUT2D eigenvalue weighted by Crippen LogP contribution is -2.23. The molecule has 0 aliphatic heterocycles. The smallest absolute Gasteiger partial charge is 0.237 e. The maximum absolute atomic E-state index is 13.7. The second kappa shape index (κ2) is 8.39. The molecule has 1 aromatic heterocycles. The van der Waals surface area contributed by atoms with E-state index < -0.39 is 22.8 Å². The van der Waals surface area contributed by atoms with Crippen LogP contribution in [-0.4, -0.2) is 33.0 Å². The number of hydrogen-bond acceptors (Lipinski definition) is 5. The zero-order chi connectivity index (χ0) is 20.3. The highest BCUT2D eigenvalue weighted by atomic mass is 32.2. The molecular formula is C19H18F2N4O2S. The number of benzene rings is 2. The number of anilines is 1. The van der Waals surface area contributed by atoms with Gasteiger partial charge in [-0.25, -0.2) is 8.78 Å². The largest absolute Gasteiger partial charge is 0.497 e. The second-order valence-electron chi connectivity index (χ2n) is 5.97. The van der Waals surface area contributed by atoms with E-state index in [2.05, 4.69) is 15.5 Å². The Bertz CT molecular complexity index is 992. The maximum atomic E-state index is 13.7. The standard InChI is InChI=1S/C19H18F2N4O2S/c1-11(18(26)22-16-10-13(20)6-9-15(16)21)28-19-24-23-17(25(19)2)12-4-7-14(27-3)8-5-12/h4-11H,1-3H3,(H,22,26)/t11-/m1/s1. The zero-order valence-corrected chi connectivity index (χ0v) is 16.3. The summed E-state index contributed by atoms with van der Waals surface area (Å²) in [4.78, 5) is 12.3. The van der Waals surface area contributed by atoms with Crippen LogP contribution in [0.3, 0.4) is 0 Å². The molecule has 1 N–H and O–H groups in total. The molecule has 28 heavy (non-hydrogen) atoms. The molecule has 1 amide bonds. The Hall–Kier alpha value is -2.94. The number of nitrogens with one attached hydrogen (secondary N) is 1. The molecule has 2 aromatic carbocycles. The molecule has 0 bridgehead atoms. The SMILES string of the molecule is COc1ccc(-c2nnc(S[C@H](C)C(=O)Nc3cc(F)ccc3F)n2C)cc1. The first-order valence-electron chi connectivity index (χ1n) is 8.35. The summed E-state index contributed by atoms with van der Waals surface area (Å²) in [5.41, 5.74) is 0.649. The molecule has 0 spiro atoms. The molecular weight excluding hydrogens is 386 g/mol. The molecule has 9 heteroatoms. The zero-order valence-electron chi connectivity index (χ0n) is 15.4. The first-order chi connectivity index (χ1) is 13.4. The highest BCUT2D eigenvalue weighted by Gasteiger charge is 2.20. The topological polar surface area (TPSA) is 69.0 Å². The second-order valence-corrected chi connectivity index (χ2v) is 7.28. The Morgan fingerprint density at radius 1 is 1.18 bits per heavy atom. The van der Waals surface area contributed by atoms with Gasteiger partial charge >= 0.3 is 0 Å². The van der Waals surface area contributed by atoms with E-state index in [9.17, 15) is 13.6 Å². The summed E-state index contributed by atoms with van der Waals surface area (Å²) in [7, 11) is 3.38. The van der Waals surface area contributed by atoms with Crippen molar-refractivity contribution in [2.45, 2.75) is 17.3 Å². The van der Waals surface area contributed by atoms with Crippen molar-refractivity contribution < 1.29 is 18.3 Å². The van der Waals surface area contributed by atoms with Crippen LogP contribution >= 0.6 is 11.8 Å². The Morgan fingerprint density at radius 3 is 2.57 bits per heavy atom. The van der Waals surface area contributed by atoms with E-state index in [0.29, 0.717) is 11.0 Å². The Morgan fingerprint density at radius 2 is 1.89 bits per heavy atom. The fourth-order valence-electron chi connectivity index (χ4n) is 2.45. The van der Waals surface area contributed by atoms with Gasteiger partial charge in [0, 0.05) is 18.7 Å². The van der Waals surface area contributed by atoms with Gasteiger partial charge in [0.15, 0.2) is 11.0 Å². The van der Waals surface area contributed by atoms with Crippen LogP contribution in [0.4, 0.5) is 14.5 Å². The highest BCUT2D eigenvalue weighted by molar-refractivity contribution is 8.00. The van der Waals surface area contributed by atoms with Gasteiger partial charge in [-0.3, -0.25) is 4.79 Å². The number of rotatable bonds is 6. The van der Waals surface area contributed by atoms with Crippen molar-refractivity contribution in [1.82, 2.24) is 14.8 Å². The van der Waals surface area contributed by atoms with Crippen LogP contribution in [0.15, 0.2) is 47.6 Å². The average molecular weight is 404 g/mol. The molecule has 6 nitrogen and oxygen atoms in total. The summed E-state index contributed by atoms with van der Waals surface area (Å²) in [5.74, 6) is -0.435. The number of thioether (sulfide) groups is 1. The van der Waals surface area contributed by atoms with Crippen molar-refractivity contribution in [3.05, 3.63) is 54.1 Å². The molecule has 0 saturated carbocycles. The maximum Gasteiger partial charge on any atom is 0.237 e. The molecule has 0 unspecified atom stereocenters. The van der Waals surface area contributed by atoms with Crippen LogP contribution < -0.4 is 10.1 Å². The van der Waals surface area contributed by atoms with Crippen molar-refractivity contribution in [3.8, 4) is 17.1 Å². The number of ether oxygens (including phenoxy) is 1. The minimum Gasteiger partial charge on any atom is -0.497 e. The van der Waals surface area contributed by atoms with Gasteiger partial charge in [-0.2, -0.15) is 0 Å². The Balaban J connectivity index is 1.71. The third-order valence-electron chi connectivity index (χ3n) is 4.02. The number of halogens is 2. The van der Waals surface area contributed by atoms with E-state index in [1.165, 1.54) is 11.8 Å². The van der Waals surface area contributed by atoms with Crippen molar-refractivity contribution in [3.63, 3.8) is 0 Å². The minimum absolute atomic E-state index is 0.200. The van der Waals surface area contributed by atoms with Gasteiger partial charge in [-0.1, -0.05) is 11.8 Å². The number of carbonyl (C=O) groups excluding carboxylic acids is 1. The summed E-state index contributed by atoms with van der Waals surface area (Å²) in [6, 6.07) is 10.3. The quantitative estimate of drug-likeness (QED) is 0.632. The van der Waals surface area contributed by atoms with Gasteiger partial charge in [0.1, 0.15) is 17.4 Å². The van der Waals surface area contributed by atoms with Crippen LogP contribution in [0.2, 0.25) is 0 Å².